The fourth-order valence-corrected chi connectivity index (χ4v) is 2.95. The van der Waals surface area contributed by atoms with Crippen molar-refractivity contribution in [1.29, 1.82) is 0 Å². The molecule has 0 radical (unpaired) electrons. The number of rotatable bonds is 4. The van der Waals surface area contributed by atoms with Crippen LogP contribution in [0.25, 0.3) is 11.1 Å². The first kappa shape index (κ1) is 14.1. The molecule has 4 nitrogen and oxygen atoms in total. The van der Waals surface area contributed by atoms with Crippen LogP contribution in [0.2, 0.25) is 0 Å². The molecule has 2 heterocycles. The topological polar surface area (TPSA) is 61.3 Å². The lowest BCUT2D eigenvalue weighted by atomic mass is 9.98. The number of nitrogens with two attached hydrogens (primary N) is 1. The molecule has 3 rings (SSSR count). The van der Waals surface area contributed by atoms with Gasteiger partial charge in [0.1, 0.15) is 0 Å². The quantitative estimate of drug-likeness (QED) is 0.930. The predicted molar refractivity (Wildman–Crippen MR) is 83.0 cm³/mol. The van der Waals surface area contributed by atoms with Crippen LogP contribution in [-0.2, 0) is 11.2 Å². The monoisotopic (exact) mass is 286 g/mol. The van der Waals surface area contributed by atoms with Crippen molar-refractivity contribution in [1.82, 2.24) is 5.16 Å². The third-order valence-corrected chi connectivity index (χ3v) is 4.07. The molecule has 0 bridgehead atoms. The zero-order valence-corrected chi connectivity index (χ0v) is 12.5. The lowest BCUT2D eigenvalue weighted by Gasteiger charge is -2.22. The fourth-order valence-electron chi connectivity index (χ4n) is 2.95. The number of ether oxygens (including phenoxy) is 1. The summed E-state index contributed by atoms with van der Waals surface area (Å²) in [4.78, 5) is 0. The summed E-state index contributed by atoms with van der Waals surface area (Å²) in [5.41, 5.74) is 10.1. The number of anilines is 1. The Morgan fingerprint density at radius 1 is 1.33 bits per heavy atom. The molecule has 0 aliphatic carbocycles. The van der Waals surface area contributed by atoms with Crippen LogP contribution in [0, 0.1) is 6.92 Å². The second-order valence-electron chi connectivity index (χ2n) is 5.77. The van der Waals surface area contributed by atoms with Crippen LogP contribution >= 0.6 is 0 Å². The van der Waals surface area contributed by atoms with Crippen LogP contribution in [-0.4, -0.2) is 17.9 Å². The summed E-state index contributed by atoms with van der Waals surface area (Å²) in [6, 6.07) is 8.27. The van der Waals surface area contributed by atoms with Gasteiger partial charge in [0.25, 0.3) is 0 Å². The number of hydrogen-bond donors (Lipinski definition) is 1. The predicted octanol–water partition coefficient (Wildman–Crippen LogP) is 3.73. The Morgan fingerprint density at radius 2 is 2.24 bits per heavy atom. The maximum atomic E-state index is 5.97. The zero-order valence-electron chi connectivity index (χ0n) is 12.5. The molecule has 2 N–H and O–H groups in total. The summed E-state index contributed by atoms with van der Waals surface area (Å²) in [6.07, 6.45) is 5.76. The van der Waals surface area contributed by atoms with Gasteiger partial charge < -0.3 is 15.0 Å². The Morgan fingerprint density at radius 3 is 3.00 bits per heavy atom. The standard InChI is InChI=1S/C17H22N2O2/c1-12-5-4-6-13(11-12)16-15(19-21-17(16)18)9-8-14-7-2-3-10-20-14/h4-6,11,14H,2-3,7-10,18H2,1H3. The van der Waals surface area contributed by atoms with Gasteiger partial charge >= 0.3 is 0 Å². The van der Waals surface area contributed by atoms with Gasteiger partial charge in [-0.05, 0) is 44.6 Å². The molecule has 1 aromatic heterocycles. The molecule has 1 aliphatic rings. The molecule has 1 aliphatic heterocycles. The molecule has 1 atom stereocenters. The van der Waals surface area contributed by atoms with E-state index in [-0.39, 0.29) is 0 Å². The molecule has 0 spiro atoms. The zero-order chi connectivity index (χ0) is 14.7. The Balaban J connectivity index is 1.77. The smallest absolute Gasteiger partial charge is 0.230 e. The summed E-state index contributed by atoms with van der Waals surface area (Å²) in [5, 5.41) is 4.15. The highest BCUT2D eigenvalue weighted by Gasteiger charge is 2.19. The number of nitrogen functional groups attached to an aromatic ring is 1. The van der Waals surface area contributed by atoms with Crippen LogP contribution in [0.5, 0.6) is 0 Å². The molecule has 0 saturated carbocycles. The van der Waals surface area contributed by atoms with E-state index >= 15 is 0 Å². The molecule has 112 valence electrons. The van der Waals surface area contributed by atoms with E-state index in [0.717, 1.165) is 42.7 Å². The van der Waals surface area contributed by atoms with Gasteiger partial charge in [0, 0.05) is 6.61 Å². The number of hydrogen-bond acceptors (Lipinski definition) is 4. The van der Waals surface area contributed by atoms with Gasteiger partial charge in [-0.3, -0.25) is 0 Å². The minimum Gasteiger partial charge on any atom is -0.378 e. The average molecular weight is 286 g/mol. The Bertz CT molecular complexity index is 601. The van der Waals surface area contributed by atoms with Crippen LogP contribution in [0.4, 0.5) is 5.88 Å². The van der Waals surface area contributed by atoms with Gasteiger partial charge in [-0.1, -0.05) is 35.0 Å². The highest BCUT2D eigenvalue weighted by atomic mass is 16.5. The molecular weight excluding hydrogens is 264 g/mol. The number of benzene rings is 1. The third kappa shape index (κ3) is 3.27. The van der Waals surface area contributed by atoms with Gasteiger partial charge in [-0.2, -0.15) is 0 Å². The van der Waals surface area contributed by atoms with E-state index < -0.39 is 0 Å². The van der Waals surface area contributed by atoms with Crippen molar-refractivity contribution in [3.63, 3.8) is 0 Å². The number of aryl methyl sites for hydroxylation is 2. The van der Waals surface area contributed by atoms with Gasteiger partial charge in [0.15, 0.2) is 0 Å². The minimum absolute atomic E-state index is 0.349. The highest BCUT2D eigenvalue weighted by Crippen LogP contribution is 2.31. The van der Waals surface area contributed by atoms with E-state index in [4.69, 9.17) is 15.0 Å². The Kier molecular flexibility index (Phi) is 4.25. The maximum absolute atomic E-state index is 5.97. The van der Waals surface area contributed by atoms with Crippen molar-refractivity contribution in [2.75, 3.05) is 12.3 Å². The van der Waals surface area contributed by atoms with Crippen molar-refractivity contribution in [3.05, 3.63) is 35.5 Å². The summed E-state index contributed by atoms with van der Waals surface area (Å²) in [5.74, 6) is 0.403. The molecule has 21 heavy (non-hydrogen) atoms. The SMILES string of the molecule is Cc1cccc(-c2c(CCC3CCCCO3)noc2N)c1. The molecule has 1 fully saturated rings. The lowest BCUT2D eigenvalue weighted by molar-refractivity contribution is 0.0113. The Hall–Kier alpha value is -1.81. The van der Waals surface area contributed by atoms with E-state index in [1.54, 1.807) is 0 Å². The van der Waals surface area contributed by atoms with Gasteiger partial charge in [-0.25, -0.2) is 0 Å². The van der Waals surface area contributed by atoms with E-state index in [1.807, 2.05) is 6.07 Å². The van der Waals surface area contributed by atoms with Gasteiger partial charge in [-0.15, -0.1) is 0 Å². The Labute approximate surface area is 125 Å². The first-order valence-corrected chi connectivity index (χ1v) is 7.66. The fraction of sp³-hybridized carbons (Fsp3) is 0.471. The van der Waals surface area contributed by atoms with Crippen LogP contribution in [0.15, 0.2) is 28.8 Å². The molecule has 1 aromatic carbocycles. The van der Waals surface area contributed by atoms with Crippen molar-refractivity contribution in [2.24, 2.45) is 0 Å². The molecule has 1 unspecified atom stereocenters. The van der Waals surface area contributed by atoms with Crippen molar-refractivity contribution >= 4 is 5.88 Å². The maximum Gasteiger partial charge on any atom is 0.230 e. The summed E-state index contributed by atoms with van der Waals surface area (Å²) in [6.45, 7) is 2.96. The summed E-state index contributed by atoms with van der Waals surface area (Å²) >= 11 is 0. The molecule has 2 aromatic rings. The first-order valence-electron chi connectivity index (χ1n) is 7.66. The van der Waals surface area contributed by atoms with Crippen LogP contribution in [0.3, 0.4) is 0 Å². The first-order chi connectivity index (χ1) is 10.2. The molecule has 0 amide bonds. The van der Waals surface area contributed by atoms with Crippen LogP contribution in [0.1, 0.15) is 36.9 Å². The van der Waals surface area contributed by atoms with Gasteiger partial charge in [0.05, 0.1) is 17.4 Å². The van der Waals surface area contributed by atoms with Crippen molar-refractivity contribution in [2.45, 2.75) is 45.1 Å². The van der Waals surface area contributed by atoms with Crippen molar-refractivity contribution < 1.29 is 9.26 Å². The minimum atomic E-state index is 0.349. The second kappa shape index (κ2) is 6.31. The number of aromatic nitrogens is 1. The van der Waals surface area contributed by atoms with Gasteiger partial charge in [0.2, 0.25) is 5.88 Å². The van der Waals surface area contributed by atoms with E-state index in [0.29, 0.717) is 12.0 Å². The van der Waals surface area contributed by atoms with Crippen molar-refractivity contribution in [3.8, 4) is 11.1 Å². The third-order valence-electron chi connectivity index (χ3n) is 4.07. The average Bonchev–Trinajstić information content (AvgIpc) is 2.87. The summed E-state index contributed by atoms with van der Waals surface area (Å²) < 4.78 is 11.0. The highest BCUT2D eigenvalue weighted by molar-refractivity contribution is 5.75. The van der Waals surface area contributed by atoms with E-state index in [9.17, 15) is 0 Å². The second-order valence-corrected chi connectivity index (χ2v) is 5.77. The largest absolute Gasteiger partial charge is 0.378 e. The molecular formula is C17H22N2O2. The van der Waals surface area contributed by atoms with E-state index in [1.165, 1.54) is 18.4 Å². The normalized spacial score (nSPS) is 18.8. The molecule has 4 heteroatoms. The molecule has 1 saturated heterocycles. The van der Waals surface area contributed by atoms with E-state index in [2.05, 4.69) is 30.3 Å². The van der Waals surface area contributed by atoms with Crippen LogP contribution < -0.4 is 5.73 Å². The lowest BCUT2D eigenvalue weighted by Crippen LogP contribution is -2.19. The number of nitrogens with zero attached hydrogens (tertiary/aromatic N) is 1. The summed E-state index contributed by atoms with van der Waals surface area (Å²) in [7, 11) is 0.